The molecule has 5 rings (SSSR count). The lowest BCUT2D eigenvalue weighted by Crippen LogP contribution is -2.49. The van der Waals surface area contributed by atoms with E-state index in [9.17, 15) is 9.59 Å². The van der Waals surface area contributed by atoms with E-state index < -0.39 is 5.41 Å². The number of nitrogens with one attached hydrogen (secondary N) is 1. The van der Waals surface area contributed by atoms with Crippen molar-refractivity contribution in [1.29, 1.82) is 0 Å². The lowest BCUT2D eigenvalue weighted by Gasteiger charge is -2.34. The van der Waals surface area contributed by atoms with Gasteiger partial charge in [0.15, 0.2) is 0 Å². The number of benzene rings is 2. The van der Waals surface area contributed by atoms with E-state index in [-0.39, 0.29) is 17.9 Å². The number of anilines is 1. The van der Waals surface area contributed by atoms with Crippen LogP contribution in [0.1, 0.15) is 34.5 Å². The second-order valence-corrected chi connectivity index (χ2v) is 8.13. The van der Waals surface area contributed by atoms with Crippen LogP contribution in [0, 0.1) is 0 Å². The lowest BCUT2D eigenvalue weighted by atomic mass is 9.73. The van der Waals surface area contributed by atoms with Crippen LogP contribution >= 0.6 is 0 Å². The first-order valence-electron chi connectivity index (χ1n) is 10.3. The van der Waals surface area contributed by atoms with Crippen LogP contribution in [-0.4, -0.2) is 39.1 Å². The number of rotatable bonds is 4. The molecule has 2 aromatic carbocycles. The van der Waals surface area contributed by atoms with Crippen molar-refractivity contribution in [3.05, 3.63) is 83.7 Å². The first-order valence-corrected chi connectivity index (χ1v) is 10.3. The molecule has 3 heterocycles. The number of hydrogen-bond acceptors (Lipinski definition) is 3. The van der Waals surface area contributed by atoms with Gasteiger partial charge in [0.25, 0.3) is 5.91 Å². The van der Waals surface area contributed by atoms with Gasteiger partial charge in [-0.05, 0) is 42.5 Å². The Balaban J connectivity index is 1.54. The van der Waals surface area contributed by atoms with Gasteiger partial charge in [0, 0.05) is 25.5 Å². The molecule has 0 bridgehead atoms. The molecular formula is C24H24N4O2. The first-order chi connectivity index (χ1) is 14.6. The van der Waals surface area contributed by atoms with Gasteiger partial charge in [-0.2, -0.15) is 5.10 Å². The smallest absolute Gasteiger partial charge is 0.274 e. The van der Waals surface area contributed by atoms with Gasteiger partial charge in [0.2, 0.25) is 5.91 Å². The Morgan fingerprint density at radius 3 is 2.67 bits per heavy atom. The van der Waals surface area contributed by atoms with Crippen molar-refractivity contribution in [2.75, 3.05) is 11.9 Å². The van der Waals surface area contributed by atoms with E-state index in [1.807, 2.05) is 47.4 Å². The number of amides is 2. The maximum absolute atomic E-state index is 13.4. The minimum atomic E-state index is -0.712. The van der Waals surface area contributed by atoms with Crippen molar-refractivity contribution in [1.82, 2.24) is 14.7 Å². The van der Waals surface area contributed by atoms with E-state index in [4.69, 9.17) is 0 Å². The second-order valence-electron chi connectivity index (χ2n) is 8.13. The van der Waals surface area contributed by atoms with Crippen LogP contribution in [0.3, 0.4) is 0 Å². The van der Waals surface area contributed by atoms with Crippen LogP contribution < -0.4 is 5.32 Å². The number of nitrogens with zero attached hydrogens (tertiary/aromatic N) is 3. The summed E-state index contributed by atoms with van der Waals surface area (Å²) in [7, 11) is 1.80. The van der Waals surface area contributed by atoms with E-state index in [1.165, 1.54) is 5.56 Å². The summed E-state index contributed by atoms with van der Waals surface area (Å²) >= 11 is 0. The first kappa shape index (κ1) is 18.6. The molecule has 6 nitrogen and oxygen atoms in total. The van der Waals surface area contributed by atoms with Crippen LogP contribution in [0.15, 0.2) is 66.9 Å². The fraction of sp³-hybridized carbons (Fsp3) is 0.292. The summed E-state index contributed by atoms with van der Waals surface area (Å²) in [6.45, 7) is 0.538. The van der Waals surface area contributed by atoms with Crippen molar-refractivity contribution in [3.8, 4) is 0 Å². The molecule has 1 fully saturated rings. The van der Waals surface area contributed by atoms with Crippen molar-refractivity contribution in [2.24, 2.45) is 7.05 Å². The summed E-state index contributed by atoms with van der Waals surface area (Å²) in [4.78, 5) is 28.5. The Bertz CT molecular complexity index is 1110. The Hall–Kier alpha value is -3.41. The molecule has 1 N–H and O–H groups in total. The van der Waals surface area contributed by atoms with Gasteiger partial charge in [-0.15, -0.1) is 0 Å². The third kappa shape index (κ3) is 2.83. The highest BCUT2D eigenvalue weighted by Gasteiger charge is 2.58. The average Bonchev–Trinajstić information content (AvgIpc) is 3.44. The van der Waals surface area contributed by atoms with E-state index >= 15 is 0 Å². The zero-order valence-electron chi connectivity index (χ0n) is 16.9. The highest BCUT2D eigenvalue weighted by atomic mass is 16.2. The summed E-state index contributed by atoms with van der Waals surface area (Å²) in [5, 5.41) is 7.38. The molecule has 2 aliphatic rings. The summed E-state index contributed by atoms with van der Waals surface area (Å²) < 4.78 is 1.63. The molecule has 1 spiro atoms. The van der Waals surface area contributed by atoms with Gasteiger partial charge in [-0.3, -0.25) is 14.3 Å². The van der Waals surface area contributed by atoms with Crippen molar-refractivity contribution in [3.63, 3.8) is 0 Å². The van der Waals surface area contributed by atoms with E-state index in [0.717, 1.165) is 17.7 Å². The molecule has 2 amide bonds. The second kappa shape index (κ2) is 7.13. The molecule has 0 radical (unpaired) electrons. The van der Waals surface area contributed by atoms with Gasteiger partial charge in [0.1, 0.15) is 5.69 Å². The summed E-state index contributed by atoms with van der Waals surface area (Å²) in [6, 6.07) is 19.6. The summed E-state index contributed by atoms with van der Waals surface area (Å²) in [6.07, 6.45) is 3.91. The van der Waals surface area contributed by atoms with Crippen LogP contribution in [-0.2, 0) is 23.7 Å². The molecule has 1 aromatic heterocycles. The fourth-order valence-corrected chi connectivity index (χ4v) is 5.07. The van der Waals surface area contributed by atoms with Gasteiger partial charge < -0.3 is 10.2 Å². The molecule has 2 aliphatic heterocycles. The number of hydrogen-bond donors (Lipinski definition) is 1. The molecule has 0 aliphatic carbocycles. The topological polar surface area (TPSA) is 67.2 Å². The molecule has 3 aromatic rings. The number of aryl methyl sites for hydroxylation is 2. The standard InChI is InChI=1S/C24H24N4O2/c1-27-15-13-20(26-27)22(29)28-16-14-24(18-9-5-6-10-19(18)25-23(24)30)21(28)12-11-17-7-3-2-4-8-17/h2-10,13,15,21H,11-12,14,16H2,1H3,(H,25,30)/t21-,24+/m0/s1. The molecule has 0 saturated carbocycles. The summed E-state index contributed by atoms with van der Waals surface area (Å²) in [5.41, 5.74) is 2.78. The lowest BCUT2D eigenvalue weighted by molar-refractivity contribution is -0.121. The predicted molar refractivity (Wildman–Crippen MR) is 114 cm³/mol. The molecular weight excluding hydrogens is 376 g/mol. The average molecular weight is 400 g/mol. The van der Waals surface area contributed by atoms with Crippen LogP contribution in [0.2, 0.25) is 0 Å². The third-order valence-corrected chi connectivity index (χ3v) is 6.50. The van der Waals surface area contributed by atoms with E-state index in [1.54, 1.807) is 24.0 Å². The number of para-hydroxylation sites is 1. The highest BCUT2D eigenvalue weighted by Crippen LogP contribution is 2.49. The molecule has 152 valence electrons. The molecule has 1 saturated heterocycles. The number of likely N-dealkylation sites (tertiary alicyclic amines) is 1. The quantitative estimate of drug-likeness (QED) is 0.732. The van der Waals surface area contributed by atoms with Gasteiger partial charge >= 0.3 is 0 Å². The highest BCUT2D eigenvalue weighted by molar-refractivity contribution is 6.08. The molecule has 30 heavy (non-hydrogen) atoms. The normalized spacial score (nSPS) is 22.4. The zero-order valence-corrected chi connectivity index (χ0v) is 16.9. The van der Waals surface area contributed by atoms with Crippen LogP contribution in [0.5, 0.6) is 0 Å². The Kier molecular flexibility index (Phi) is 4.42. The molecule has 0 unspecified atom stereocenters. The summed E-state index contributed by atoms with van der Waals surface area (Å²) in [5.74, 6) is -0.110. The maximum atomic E-state index is 13.4. The SMILES string of the molecule is Cn1ccc(C(=O)N2CC[C@]3(C(=O)Nc4ccccc43)[C@@H]2CCc2ccccc2)n1. The largest absolute Gasteiger partial charge is 0.333 e. The van der Waals surface area contributed by atoms with Gasteiger partial charge in [0.05, 0.1) is 11.5 Å². The molecule has 6 heteroatoms. The minimum absolute atomic E-state index is 0.00178. The van der Waals surface area contributed by atoms with Gasteiger partial charge in [-0.1, -0.05) is 48.5 Å². The minimum Gasteiger partial charge on any atom is -0.333 e. The van der Waals surface area contributed by atoms with Crippen molar-refractivity contribution >= 4 is 17.5 Å². The zero-order chi connectivity index (χ0) is 20.7. The van der Waals surface area contributed by atoms with Crippen LogP contribution in [0.25, 0.3) is 0 Å². The predicted octanol–water partition coefficient (Wildman–Crippen LogP) is 3.16. The van der Waals surface area contributed by atoms with Crippen LogP contribution in [0.4, 0.5) is 5.69 Å². The Labute approximate surface area is 175 Å². The van der Waals surface area contributed by atoms with E-state index in [2.05, 4.69) is 22.5 Å². The number of carbonyl (C=O) groups excluding carboxylic acids is 2. The Morgan fingerprint density at radius 1 is 1.13 bits per heavy atom. The Morgan fingerprint density at radius 2 is 1.90 bits per heavy atom. The van der Waals surface area contributed by atoms with Crippen molar-refractivity contribution in [2.45, 2.75) is 30.7 Å². The van der Waals surface area contributed by atoms with Gasteiger partial charge in [-0.25, -0.2) is 0 Å². The number of aromatic nitrogens is 2. The number of carbonyl (C=O) groups is 2. The van der Waals surface area contributed by atoms with Crippen molar-refractivity contribution < 1.29 is 9.59 Å². The molecule has 2 atom stereocenters. The third-order valence-electron chi connectivity index (χ3n) is 6.50. The number of fused-ring (bicyclic) bond motifs is 2. The monoisotopic (exact) mass is 400 g/mol. The van der Waals surface area contributed by atoms with E-state index in [0.29, 0.717) is 25.1 Å². The fourth-order valence-electron chi connectivity index (χ4n) is 5.07. The maximum Gasteiger partial charge on any atom is 0.274 e.